The number of amides is 2. The van der Waals surface area contributed by atoms with Crippen LogP contribution >= 0.6 is 0 Å². The molecule has 0 atom stereocenters. The van der Waals surface area contributed by atoms with E-state index in [1.165, 1.54) is 6.92 Å². The van der Waals surface area contributed by atoms with E-state index in [4.69, 9.17) is 4.74 Å². The molecule has 0 spiro atoms. The molecule has 2 N–H and O–H groups in total. The van der Waals surface area contributed by atoms with Crippen LogP contribution in [-0.2, 0) is 4.74 Å². The number of benzene rings is 2. The molecule has 6 heteroatoms. The maximum atomic E-state index is 12.3. The summed E-state index contributed by atoms with van der Waals surface area (Å²) in [6.45, 7) is 2.61. The summed E-state index contributed by atoms with van der Waals surface area (Å²) in [7, 11) is 1.61. The first-order valence-electron chi connectivity index (χ1n) is 8.31. The van der Waals surface area contributed by atoms with Crippen molar-refractivity contribution in [3.05, 3.63) is 65.2 Å². The zero-order chi connectivity index (χ0) is 18.9. The number of carbonyl (C=O) groups is 3. The maximum absolute atomic E-state index is 12.3. The first-order chi connectivity index (χ1) is 12.5. The molecule has 2 aromatic rings. The molecule has 0 saturated carbocycles. The molecule has 2 amide bonds. The van der Waals surface area contributed by atoms with Crippen molar-refractivity contribution in [3.8, 4) is 0 Å². The summed E-state index contributed by atoms with van der Waals surface area (Å²) in [4.78, 5) is 35.5. The van der Waals surface area contributed by atoms with E-state index < -0.39 is 0 Å². The lowest BCUT2D eigenvalue weighted by atomic mass is 10.1. The van der Waals surface area contributed by atoms with Crippen LogP contribution in [0.3, 0.4) is 0 Å². The van der Waals surface area contributed by atoms with Gasteiger partial charge in [-0.2, -0.15) is 0 Å². The van der Waals surface area contributed by atoms with Crippen LogP contribution < -0.4 is 10.6 Å². The van der Waals surface area contributed by atoms with Gasteiger partial charge < -0.3 is 15.4 Å². The van der Waals surface area contributed by atoms with Crippen molar-refractivity contribution in [1.29, 1.82) is 0 Å². The van der Waals surface area contributed by atoms with Gasteiger partial charge in [-0.1, -0.05) is 0 Å². The fourth-order valence-corrected chi connectivity index (χ4v) is 2.28. The third-order valence-corrected chi connectivity index (χ3v) is 3.77. The smallest absolute Gasteiger partial charge is 0.255 e. The molecule has 0 aromatic heterocycles. The zero-order valence-electron chi connectivity index (χ0n) is 14.9. The monoisotopic (exact) mass is 354 g/mol. The van der Waals surface area contributed by atoms with E-state index in [1.807, 2.05) is 0 Å². The van der Waals surface area contributed by atoms with Crippen LogP contribution in [0.2, 0.25) is 0 Å². The Morgan fingerprint density at radius 2 is 1.38 bits per heavy atom. The summed E-state index contributed by atoms with van der Waals surface area (Å²) in [5.41, 5.74) is 2.12. The van der Waals surface area contributed by atoms with Gasteiger partial charge in [-0.3, -0.25) is 14.4 Å². The first kappa shape index (κ1) is 19.3. The SMILES string of the molecule is COCCCNC(=O)c1ccc(C(=O)Nc2ccc(C(C)=O)cc2)cc1. The molecule has 0 heterocycles. The highest BCUT2D eigenvalue weighted by Crippen LogP contribution is 2.12. The predicted molar refractivity (Wildman–Crippen MR) is 99.7 cm³/mol. The Morgan fingerprint density at radius 1 is 0.846 bits per heavy atom. The minimum Gasteiger partial charge on any atom is -0.385 e. The minimum absolute atomic E-state index is 0.0287. The third kappa shape index (κ3) is 5.53. The Morgan fingerprint density at radius 3 is 1.92 bits per heavy atom. The number of ketones is 1. The molecule has 0 aliphatic rings. The van der Waals surface area contributed by atoms with E-state index >= 15 is 0 Å². The van der Waals surface area contributed by atoms with Gasteiger partial charge in [0.05, 0.1) is 0 Å². The Hall–Kier alpha value is -2.99. The van der Waals surface area contributed by atoms with Crippen LogP contribution in [0.4, 0.5) is 5.69 Å². The summed E-state index contributed by atoms with van der Waals surface area (Å²) < 4.78 is 4.93. The van der Waals surface area contributed by atoms with Crippen LogP contribution in [-0.4, -0.2) is 37.9 Å². The molecular formula is C20H22N2O4. The molecule has 0 aliphatic heterocycles. The van der Waals surface area contributed by atoms with Crippen LogP contribution in [0.1, 0.15) is 44.4 Å². The second kappa shape index (κ2) is 9.48. The Kier molecular flexibility index (Phi) is 7.05. The average molecular weight is 354 g/mol. The summed E-state index contributed by atoms with van der Waals surface area (Å²) in [6, 6.07) is 13.1. The second-order valence-corrected chi connectivity index (χ2v) is 5.77. The minimum atomic E-state index is -0.285. The molecule has 26 heavy (non-hydrogen) atoms. The van der Waals surface area contributed by atoms with Crippen molar-refractivity contribution in [3.63, 3.8) is 0 Å². The number of carbonyl (C=O) groups excluding carboxylic acids is 3. The highest BCUT2D eigenvalue weighted by molar-refractivity contribution is 6.05. The number of rotatable bonds is 8. The van der Waals surface area contributed by atoms with Gasteiger partial charge in [-0.05, 0) is 61.9 Å². The van der Waals surface area contributed by atoms with Crippen molar-refractivity contribution in [1.82, 2.24) is 5.32 Å². The van der Waals surface area contributed by atoms with E-state index in [2.05, 4.69) is 10.6 Å². The van der Waals surface area contributed by atoms with Crippen LogP contribution in [0.5, 0.6) is 0 Å². The maximum Gasteiger partial charge on any atom is 0.255 e. The van der Waals surface area contributed by atoms with Crippen molar-refractivity contribution in [2.75, 3.05) is 25.6 Å². The summed E-state index contributed by atoms with van der Waals surface area (Å²) >= 11 is 0. The van der Waals surface area contributed by atoms with E-state index in [0.717, 1.165) is 6.42 Å². The molecular weight excluding hydrogens is 332 g/mol. The van der Waals surface area contributed by atoms with Gasteiger partial charge in [0.1, 0.15) is 0 Å². The number of ether oxygens (including phenoxy) is 1. The van der Waals surface area contributed by atoms with Crippen molar-refractivity contribution < 1.29 is 19.1 Å². The molecule has 2 aromatic carbocycles. The van der Waals surface area contributed by atoms with Crippen LogP contribution in [0, 0.1) is 0 Å². The van der Waals surface area contributed by atoms with Gasteiger partial charge in [-0.25, -0.2) is 0 Å². The fraction of sp³-hybridized carbons (Fsp3) is 0.250. The van der Waals surface area contributed by atoms with Gasteiger partial charge in [0.15, 0.2) is 5.78 Å². The molecule has 0 fully saturated rings. The number of Topliss-reactive ketones (excluding diaryl/α,β-unsaturated/α-hetero) is 1. The Balaban J connectivity index is 1.93. The quantitative estimate of drug-likeness (QED) is 0.564. The first-order valence-corrected chi connectivity index (χ1v) is 8.31. The highest BCUT2D eigenvalue weighted by Gasteiger charge is 2.09. The lowest BCUT2D eigenvalue weighted by Gasteiger charge is -2.08. The lowest BCUT2D eigenvalue weighted by molar-refractivity contribution is 0.0946. The number of methoxy groups -OCH3 is 1. The summed E-state index contributed by atoms with van der Waals surface area (Å²) in [5.74, 6) is -0.500. The Bertz CT molecular complexity index is 767. The number of hydrogen-bond donors (Lipinski definition) is 2. The normalized spacial score (nSPS) is 10.2. The topological polar surface area (TPSA) is 84.5 Å². The summed E-state index contributed by atoms with van der Waals surface area (Å²) in [5, 5.41) is 5.55. The molecule has 0 saturated heterocycles. The largest absolute Gasteiger partial charge is 0.385 e. The number of anilines is 1. The molecule has 136 valence electrons. The van der Waals surface area contributed by atoms with E-state index in [-0.39, 0.29) is 17.6 Å². The van der Waals surface area contributed by atoms with Gasteiger partial charge in [0.2, 0.25) is 0 Å². The molecule has 0 aliphatic carbocycles. The molecule has 6 nitrogen and oxygen atoms in total. The van der Waals surface area contributed by atoms with Gasteiger partial charge in [0.25, 0.3) is 11.8 Å². The van der Waals surface area contributed by atoms with Gasteiger partial charge in [-0.15, -0.1) is 0 Å². The van der Waals surface area contributed by atoms with Crippen molar-refractivity contribution >= 4 is 23.3 Å². The van der Waals surface area contributed by atoms with E-state index in [0.29, 0.717) is 35.5 Å². The number of hydrogen-bond acceptors (Lipinski definition) is 4. The standard InChI is InChI=1S/C20H22N2O4/c1-14(23)15-8-10-18(11-9-15)22-20(25)17-6-4-16(5-7-17)19(24)21-12-3-13-26-2/h4-11H,3,12-13H2,1-2H3,(H,21,24)(H,22,25). The summed E-state index contributed by atoms with van der Waals surface area (Å²) in [6.07, 6.45) is 0.741. The van der Waals surface area contributed by atoms with Gasteiger partial charge >= 0.3 is 0 Å². The highest BCUT2D eigenvalue weighted by atomic mass is 16.5. The predicted octanol–water partition coefficient (Wildman–Crippen LogP) is 2.91. The number of nitrogens with one attached hydrogen (secondary N) is 2. The molecule has 0 radical (unpaired) electrons. The van der Waals surface area contributed by atoms with Gasteiger partial charge in [0, 0.05) is 42.6 Å². The fourth-order valence-electron chi connectivity index (χ4n) is 2.28. The van der Waals surface area contributed by atoms with Crippen molar-refractivity contribution in [2.45, 2.75) is 13.3 Å². The molecule has 0 bridgehead atoms. The van der Waals surface area contributed by atoms with Crippen molar-refractivity contribution in [2.24, 2.45) is 0 Å². The van der Waals surface area contributed by atoms with Crippen LogP contribution in [0.15, 0.2) is 48.5 Å². The zero-order valence-corrected chi connectivity index (χ0v) is 14.9. The van der Waals surface area contributed by atoms with Crippen LogP contribution in [0.25, 0.3) is 0 Å². The second-order valence-electron chi connectivity index (χ2n) is 5.77. The lowest BCUT2D eigenvalue weighted by Crippen LogP contribution is -2.25. The van der Waals surface area contributed by atoms with E-state index in [1.54, 1.807) is 55.6 Å². The molecule has 2 rings (SSSR count). The average Bonchev–Trinajstić information content (AvgIpc) is 2.65. The Labute approximate surface area is 152 Å². The van der Waals surface area contributed by atoms with E-state index in [9.17, 15) is 14.4 Å². The molecule has 0 unspecified atom stereocenters. The third-order valence-electron chi connectivity index (χ3n) is 3.77.